The van der Waals surface area contributed by atoms with E-state index in [1.165, 1.54) is 148 Å². The van der Waals surface area contributed by atoms with E-state index in [1.54, 1.807) is 0 Å². The first kappa shape index (κ1) is 68.7. The molecule has 72 heavy (non-hydrogen) atoms. The summed E-state index contributed by atoms with van der Waals surface area (Å²) in [4.78, 5) is 37.1. The highest BCUT2D eigenvalue weighted by Gasteiger charge is 2.25. The Morgan fingerprint density at radius 1 is 0.431 bits per heavy atom. The van der Waals surface area contributed by atoms with Crippen LogP contribution in [0.1, 0.15) is 251 Å². The molecule has 2 atom stereocenters. The minimum Gasteiger partial charge on any atom is -0.477 e. The van der Waals surface area contributed by atoms with Gasteiger partial charge in [0.25, 0.3) is 6.29 Å². The number of carboxylic acids is 1. The van der Waals surface area contributed by atoms with E-state index in [1.807, 2.05) is 21.1 Å². The maximum Gasteiger partial charge on any atom is 0.361 e. The second-order valence-electron chi connectivity index (χ2n) is 20.9. The summed E-state index contributed by atoms with van der Waals surface area (Å²) >= 11 is 0. The van der Waals surface area contributed by atoms with Gasteiger partial charge in [-0.05, 0) is 64.2 Å². The topological polar surface area (TPSA) is 108 Å². The number of likely N-dealkylation sites (N-methyl/N-ethyl adjacent to an activating group) is 1. The van der Waals surface area contributed by atoms with Crippen molar-refractivity contribution in [3.63, 3.8) is 0 Å². The van der Waals surface area contributed by atoms with Crippen molar-refractivity contribution in [2.24, 2.45) is 0 Å². The maximum absolute atomic E-state index is 12.8. The maximum atomic E-state index is 12.8. The van der Waals surface area contributed by atoms with Gasteiger partial charge in [-0.2, -0.15) is 0 Å². The van der Waals surface area contributed by atoms with E-state index in [0.29, 0.717) is 17.4 Å². The van der Waals surface area contributed by atoms with Gasteiger partial charge in [-0.25, -0.2) is 4.79 Å². The zero-order valence-corrected chi connectivity index (χ0v) is 47.3. The zero-order chi connectivity index (χ0) is 52.7. The molecule has 0 aliphatic carbocycles. The standard InChI is InChI=1S/C63H111NO8/c1-6-8-10-12-14-16-17-18-19-20-21-22-23-24-25-26-27-28-29-30-31-32-33-34-35-36-37-38-39-40-41-42-43-44-45-46-48-50-52-54-61(66)72-59(58-71-63(62(67)68)69-56-55-64(3,4)5)57-70-60(65)53-51-49-47-15-13-11-9-7-2/h8,10,14,16,18-19,21-22,24-25,27-28,59,63H,6-7,9,11-13,15,17,20,23,26,29-58H2,1-5H3/p+1/b10-8-,16-14-,19-18-,22-21-,25-24-,28-27-. The second kappa shape index (κ2) is 54.0. The molecule has 0 aliphatic rings. The van der Waals surface area contributed by atoms with Crippen LogP contribution in [-0.4, -0.2) is 87.4 Å². The fourth-order valence-corrected chi connectivity index (χ4v) is 8.19. The Labute approximate surface area is 443 Å². The molecule has 0 spiro atoms. The molecular weight excluding hydrogens is 899 g/mol. The van der Waals surface area contributed by atoms with Gasteiger partial charge in [-0.1, -0.05) is 247 Å². The average molecular weight is 1010 g/mol. The van der Waals surface area contributed by atoms with E-state index < -0.39 is 24.3 Å². The van der Waals surface area contributed by atoms with Crippen molar-refractivity contribution in [3.8, 4) is 0 Å². The molecule has 0 saturated heterocycles. The first-order chi connectivity index (χ1) is 35.1. The molecule has 0 amide bonds. The van der Waals surface area contributed by atoms with Gasteiger partial charge in [-0.15, -0.1) is 0 Å². The molecule has 0 aromatic rings. The second-order valence-corrected chi connectivity index (χ2v) is 20.9. The summed E-state index contributed by atoms with van der Waals surface area (Å²) in [6.07, 6.45) is 67.4. The normalized spacial score (nSPS) is 13.3. The van der Waals surface area contributed by atoms with Crippen molar-refractivity contribution in [2.75, 3.05) is 47.5 Å². The Hall–Kier alpha value is -3.27. The van der Waals surface area contributed by atoms with Gasteiger partial charge >= 0.3 is 17.9 Å². The number of nitrogens with zero attached hydrogens (tertiary/aromatic N) is 1. The lowest BCUT2D eigenvalue weighted by molar-refractivity contribution is -0.870. The molecule has 2 unspecified atom stereocenters. The number of rotatable bonds is 54. The number of carboxylic acid groups (broad SMARTS) is 1. The predicted octanol–water partition coefficient (Wildman–Crippen LogP) is 17.4. The van der Waals surface area contributed by atoms with Crippen LogP contribution < -0.4 is 0 Å². The van der Waals surface area contributed by atoms with Crippen LogP contribution >= 0.6 is 0 Å². The van der Waals surface area contributed by atoms with Crippen LogP contribution in [0.25, 0.3) is 0 Å². The van der Waals surface area contributed by atoms with Gasteiger partial charge in [0.15, 0.2) is 6.10 Å². The van der Waals surface area contributed by atoms with Gasteiger partial charge in [-0.3, -0.25) is 9.59 Å². The van der Waals surface area contributed by atoms with Crippen molar-refractivity contribution in [3.05, 3.63) is 72.9 Å². The molecule has 416 valence electrons. The van der Waals surface area contributed by atoms with Gasteiger partial charge in [0.1, 0.15) is 13.2 Å². The lowest BCUT2D eigenvalue weighted by Gasteiger charge is -2.25. The predicted molar refractivity (Wildman–Crippen MR) is 304 cm³/mol. The molecule has 0 saturated carbocycles. The molecule has 1 N–H and O–H groups in total. The highest BCUT2D eigenvalue weighted by molar-refractivity contribution is 5.71. The third-order valence-corrected chi connectivity index (χ3v) is 12.7. The van der Waals surface area contributed by atoms with Crippen molar-refractivity contribution in [2.45, 2.75) is 264 Å². The number of quaternary nitrogens is 1. The number of aliphatic carboxylic acids is 1. The number of hydrogen-bond acceptors (Lipinski definition) is 7. The smallest absolute Gasteiger partial charge is 0.361 e. The SMILES string of the molecule is CC/C=C\C/C=C\C/C=C\C/C=C\C/C=C\C/C=C\CCCCCCCCCCCCCCCCCCCCCCC(=O)OC(COC(=O)CCCCCCCCCC)COC(OCC[N+](C)(C)C)C(=O)O. The Bertz CT molecular complexity index is 1410. The van der Waals surface area contributed by atoms with Crippen LogP contribution in [0.15, 0.2) is 72.9 Å². The Morgan fingerprint density at radius 2 is 0.792 bits per heavy atom. The van der Waals surface area contributed by atoms with Crippen molar-refractivity contribution < 1.29 is 42.9 Å². The number of allylic oxidation sites excluding steroid dienone is 12. The summed E-state index contributed by atoms with van der Waals surface area (Å²) < 4.78 is 22.8. The number of carbonyl (C=O) groups is 3. The Morgan fingerprint density at radius 3 is 1.18 bits per heavy atom. The number of esters is 2. The van der Waals surface area contributed by atoms with Gasteiger partial charge in [0, 0.05) is 12.8 Å². The molecule has 0 fully saturated rings. The third kappa shape index (κ3) is 54.5. The van der Waals surface area contributed by atoms with Crippen LogP contribution in [0.3, 0.4) is 0 Å². The van der Waals surface area contributed by atoms with E-state index in [-0.39, 0.29) is 32.2 Å². The van der Waals surface area contributed by atoms with E-state index in [2.05, 4.69) is 86.8 Å². The molecule has 0 heterocycles. The first-order valence-electron chi connectivity index (χ1n) is 29.6. The monoisotopic (exact) mass is 1010 g/mol. The summed E-state index contributed by atoms with van der Waals surface area (Å²) in [6, 6.07) is 0. The van der Waals surface area contributed by atoms with Crippen LogP contribution in [0.4, 0.5) is 0 Å². The summed E-state index contributed by atoms with van der Waals surface area (Å²) in [5, 5.41) is 9.65. The molecule has 0 aromatic carbocycles. The van der Waals surface area contributed by atoms with Crippen molar-refractivity contribution in [1.29, 1.82) is 0 Å². The molecule has 9 heteroatoms. The number of unbranched alkanes of at least 4 members (excludes halogenated alkanes) is 27. The Kier molecular flexibility index (Phi) is 51.6. The number of carbonyl (C=O) groups excluding carboxylic acids is 2. The summed E-state index contributed by atoms with van der Waals surface area (Å²) in [5.41, 5.74) is 0. The van der Waals surface area contributed by atoms with Crippen molar-refractivity contribution >= 4 is 17.9 Å². The third-order valence-electron chi connectivity index (χ3n) is 12.7. The van der Waals surface area contributed by atoms with Gasteiger partial charge in [0.05, 0.1) is 34.4 Å². The molecule has 0 rings (SSSR count). The average Bonchev–Trinajstić information content (AvgIpc) is 3.35. The van der Waals surface area contributed by atoms with Gasteiger partial charge in [0.2, 0.25) is 0 Å². The van der Waals surface area contributed by atoms with E-state index >= 15 is 0 Å². The fraction of sp³-hybridized carbons (Fsp3) is 0.762. The molecule has 9 nitrogen and oxygen atoms in total. The molecule has 0 aromatic heterocycles. The lowest BCUT2D eigenvalue weighted by Crippen LogP contribution is -2.40. The molecular formula is C63H112NO8+. The minimum atomic E-state index is -1.51. The summed E-state index contributed by atoms with van der Waals surface area (Å²) in [7, 11) is 5.96. The summed E-state index contributed by atoms with van der Waals surface area (Å²) in [6.45, 7) is 4.74. The summed E-state index contributed by atoms with van der Waals surface area (Å²) in [5.74, 6) is -2.00. The van der Waals surface area contributed by atoms with E-state index in [4.69, 9.17) is 18.9 Å². The zero-order valence-electron chi connectivity index (χ0n) is 47.3. The van der Waals surface area contributed by atoms with Crippen LogP contribution in [0, 0.1) is 0 Å². The quantitative estimate of drug-likeness (QED) is 0.0211. The highest BCUT2D eigenvalue weighted by atomic mass is 16.7. The lowest BCUT2D eigenvalue weighted by atomic mass is 10.0. The first-order valence-corrected chi connectivity index (χ1v) is 29.6. The largest absolute Gasteiger partial charge is 0.477 e. The molecule has 0 aliphatic heterocycles. The minimum absolute atomic E-state index is 0.179. The van der Waals surface area contributed by atoms with Crippen LogP contribution in [-0.2, 0) is 33.3 Å². The number of hydrogen-bond donors (Lipinski definition) is 1. The van der Waals surface area contributed by atoms with E-state index in [9.17, 15) is 19.5 Å². The van der Waals surface area contributed by atoms with Crippen molar-refractivity contribution in [1.82, 2.24) is 0 Å². The molecule has 0 bridgehead atoms. The fourth-order valence-electron chi connectivity index (χ4n) is 8.19. The van der Waals surface area contributed by atoms with E-state index in [0.717, 1.165) is 77.0 Å². The number of ether oxygens (including phenoxy) is 4. The molecule has 0 radical (unpaired) electrons. The Balaban J connectivity index is 3.91. The van der Waals surface area contributed by atoms with Crippen LogP contribution in [0.2, 0.25) is 0 Å². The van der Waals surface area contributed by atoms with Gasteiger partial charge < -0.3 is 28.5 Å². The van der Waals surface area contributed by atoms with Crippen LogP contribution in [0.5, 0.6) is 0 Å². The highest BCUT2D eigenvalue weighted by Crippen LogP contribution is 2.17.